The first kappa shape index (κ1) is 14.2. The Labute approximate surface area is 143 Å². The maximum absolute atomic E-state index is 12.8. The third-order valence-corrected chi connectivity index (χ3v) is 6.20. The van der Waals surface area contributed by atoms with Gasteiger partial charge >= 0.3 is 0 Å². The first-order valence-electron chi connectivity index (χ1n) is 8.19. The van der Waals surface area contributed by atoms with Gasteiger partial charge in [0.25, 0.3) is 17.7 Å². The molecular weight excluding hydrogens is 328 g/mol. The first-order valence-corrected chi connectivity index (χ1v) is 8.57. The molecule has 3 amide bonds. The van der Waals surface area contributed by atoms with Crippen LogP contribution >= 0.6 is 11.6 Å². The van der Waals surface area contributed by atoms with Crippen LogP contribution in [0.1, 0.15) is 16.8 Å². The van der Waals surface area contributed by atoms with Crippen molar-refractivity contribution in [3.63, 3.8) is 0 Å². The van der Waals surface area contributed by atoms with Crippen molar-refractivity contribution < 1.29 is 14.4 Å². The quantitative estimate of drug-likeness (QED) is 0.660. The number of halogens is 1. The molecule has 0 spiro atoms. The minimum atomic E-state index is -0.497. The molecule has 0 radical (unpaired) electrons. The third-order valence-electron chi connectivity index (χ3n) is 5.96. The highest BCUT2D eigenvalue weighted by atomic mass is 35.5. The fourth-order valence-electron chi connectivity index (χ4n) is 4.86. The first-order chi connectivity index (χ1) is 11.6. The monoisotopic (exact) mass is 342 g/mol. The summed E-state index contributed by atoms with van der Waals surface area (Å²) in [6, 6.07) is 6.42. The molecule has 1 aromatic carbocycles. The van der Waals surface area contributed by atoms with Crippen LogP contribution in [0.5, 0.6) is 0 Å². The van der Waals surface area contributed by atoms with Crippen LogP contribution in [0.25, 0.3) is 0 Å². The Bertz CT molecular complexity index is 784. The summed E-state index contributed by atoms with van der Waals surface area (Å²) in [5, 5.41) is 1.37. The van der Waals surface area contributed by atoms with Crippen LogP contribution in [-0.4, -0.2) is 22.7 Å². The zero-order chi connectivity index (χ0) is 16.6. The summed E-state index contributed by atoms with van der Waals surface area (Å²) in [7, 11) is 0. The van der Waals surface area contributed by atoms with E-state index < -0.39 is 5.91 Å². The molecular formula is C18H15ClN2O3. The number of amides is 3. The molecule has 6 heteroatoms. The summed E-state index contributed by atoms with van der Waals surface area (Å²) in [4.78, 5) is 37.9. The summed E-state index contributed by atoms with van der Waals surface area (Å²) in [6.07, 6.45) is 5.33. The van der Waals surface area contributed by atoms with E-state index in [9.17, 15) is 14.4 Å². The molecule has 6 rings (SSSR count). The standard InChI is InChI=1S/C18H15ClN2O3/c19-9-3-1-2-8(6-9)16(22)20-21-17(23)14-10-4-5-11(13-7-12(10)13)15(14)18(21)24/h1-6,10-15H,7H2,(H,20,22)/t10-,11+,12+,13-,14-,15+. The van der Waals surface area contributed by atoms with Crippen molar-refractivity contribution in [3.05, 3.63) is 47.0 Å². The Morgan fingerprint density at radius 2 is 1.71 bits per heavy atom. The van der Waals surface area contributed by atoms with Gasteiger partial charge in [-0.05, 0) is 48.3 Å². The molecule has 1 saturated heterocycles. The van der Waals surface area contributed by atoms with Crippen molar-refractivity contribution in [1.82, 2.24) is 10.4 Å². The Morgan fingerprint density at radius 1 is 1.08 bits per heavy atom. The van der Waals surface area contributed by atoms with Crippen molar-refractivity contribution >= 4 is 29.3 Å². The molecule has 3 fully saturated rings. The fourth-order valence-corrected chi connectivity index (χ4v) is 5.05. The number of hydrogen-bond donors (Lipinski definition) is 1. The van der Waals surface area contributed by atoms with Crippen molar-refractivity contribution in [3.8, 4) is 0 Å². The van der Waals surface area contributed by atoms with Crippen molar-refractivity contribution in [2.75, 3.05) is 0 Å². The molecule has 1 N–H and O–H groups in total. The van der Waals surface area contributed by atoms with Gasteiger partial charge in [-0.1, -0.05) is 29.8 Å². The molecule has 5 nitrogen and oxygen atoms in total. The van der Waals surface area contributed by atoms with E-state index in [1.807, 2.05) is 0 Å². The lowest BCUT2D eigenvalue weighted by Gasteiger charge is -2.37. The predicted molar refractivity (Wildman–Crippen MR) is 85.5 cm³/mol. The molecule has 122 valence electrons. The molecule has 0 aromatic heterocycles. The maximum Gasteiger partial charge on any atom is 0.270 e. The number of allylic oxidation sites excluding steroid dienone is 2. The van der Waals surface area contributed by atoms with Gasteiger partial charge in [-0.2, -0.15) is 5.01 Å². The van der Waals surface area contributed by atoms with E-state index in [4.69, 9.17) is 11.6 Å². The number of carbonyl (C=O) groups is 3. The molecule has 2 saturated carbocycles. The molecule has 6 atom stereocenters. The molecule has 1 aromatic rings. The summed E-state index contributed by atoms with van der Waals surface area (Å²) in [5.74, 6) is -0.280. The Morgan fingerprint density at radius 3 is 2.29 bits per heavy atom. The zero-order valence-corrected chi connectivity index (χ0v) is 13.4. The van der Waals surface area contributed by atoms with Crippen LogP contribution < -0.4 is 5.43 Å². The average Bonchev–Trinajstić information content (AvgIpc) is 3.36. The highest BCUT2D eigenvalue weighted by Gasteiger charge is 2.67. The smallest absolute Gasteiger partial charge is 0.270 e. The second kappa shape index (κ2) is 4.70. The van der Waals surface area contributed by atoms with E-state index in [0.29, 0.717) is 22.4 Å². The van der Waals surface area contributed by atoms with Gasteiger partial charge in [-0.3, -0.25) is 19.8 Å². The van der Waals surface area contributed by atoms with Crippen LogP contribution in [0.4, 0.5) is 0 Å². The molecule has 0 unspecified atom stereocenters. The Balaban J connectivity index is 1.41. The summed E-state index contributed by atoms with van der Waals surface area (Å²) in [6.45, 7) is 0. The van der Waals surface area contributed by atoms with Crippen molar-refractivity contribution in [2.24, 2.45) is 35.5 Å². The minimum Gasteiger partial charge on any atom is -0.272 e. The molecule has 1 heterocycles. The van der Waals surface area contributed by atoms with E-state index >= 15 is 0 Å². The van der Waals surface area contributed by atoms with Crippen LogP contribution in [-0.2, 0) is 9.59 Å². The minimum absolute atomic E-state index is 0.148. The lowest BCUT2D eigenvalue weighted by Crippen LogP contribution is -2.46. The summed E-state index contributed by atoms with van der Waals surface area (Å²) in [5.41, 5.74) is 2.81. The lowest BCUT2D eigenvalue weighted by atomic mass is 9.63. The highest BCUT2D eigenvalue weighted by molar-refractivity contribution is 6.31. The summed E-state index contributed by atoms with van der Waals surface area (Å²) < 4.78 is 0. The number of hydrazine groups is 1. The number of rotatable bonds is 2. The number of nitrogens with zero attached hydrogens (tertiary/aromatic N) is 1. The van der Waals surface area contributed by atoms with Gasteiger partial charge in [0.1, 0.15) is 0 Å². The summed E-state index contributed by atoms with van der Waals surface area (Å²) >= 11 is 5.89. The second-order valence-corrected chi connectivity index (χ2v) is 7.55. The van der Waals surface area contributed by atoms with Gasteiger partial charge < -0.3 is 0 Å². The van der Waals surface area contributed by atoms with Gasteiger partial charge in [-0.25, -0.2) is 0 Å². The largest absolute Gasteiger partial charge is 0.272 e. The van der Waals surface area contributed by atoms with Gasteiger partial charge in [0.05, 0.1) is 11.8 Å². The number of imide groups is 1. The normalized spacial score (nSPS) is 38.1. The van der Waals surface area contributed by atoms with Crippen LogP contribution in [0.2, 0.25) is 5.02 Å². The van der Waals surface area contributed by atoms with Crippen LogP contribution in [0, 0.1) is 35.5 Å². The number of carbonyl (C=O) groups excluding carboxylic acids is 3. The predicted octanol–water partition coefficient (Wildman–Crippen LogP) is 2.04. The van der Waals surface area contributed by atoms with Gasteiger partial charge in [0, 0.05) is 10.6 Å². The Kier molecular flexibility index (Phi) is 2.78. The molecule has 1 aliphatic heterocycles. The fraction of sp³-hybridized carbons (Fsp3) is 0.389. The molecule has 24 heavy (non-hydrogen) atoms. The van der Waals surface area contributed by atoms with Crippen molar-refractivity contribution in [1.29, 1.82) is 0 Å². The molecule has 4 aliphatic carbocycles. The van der Waals surface area contributed by atoms with E-state index in [2.05, 4.69) is 17.6 Å². The highest BCUT2D eigenvalue weighted by Crippen LogP contribution is 2.65. The van der Waals surface area contributed by atoms with Gasteiger partial charge in [0.2, 0.25) is 0 Å². The topological polar surface area (TPSA) is 66.5 Å². The van der Waals surface area contributed by atoms with E-state index in [1.54, 1.807) is 18.2 Å². The Hall–Kier alpha value is -2.14. The van der Waals surface area contributed by atoms with Crippen molar-refractivity contribution in [2.45, 2.75) is 6.42 Å². The average molecular weight is 343 g/mol. The third kappa shape index (κ3) is 1.79. The second-order valence-electron chi connectivity index (χ2n) is 7.12. The number of hydrogen-bond acceptors (Lipinski definition) is 3. The lowest BCUT2D eigenvalue weighted by molar-refractivity contribution is -0.143. The van der Waals surface area contributed by atoms with E-state index in [0.717, 1.165) is 11.4 Å². The molecule has 2 bridgehead atoms. The van der Waals surface area contributed by atoms with Gasteiger partial charge in [0.15, 0.2) is 0 Å². The maximum atomic E-state index is 12.8. The van der Waals surface area contributed by atoms with Gasteiger partial charge in [-0.15, -0.1) is 0 Å². The number of benzene rings is 1. The SMILES string of the molecule is O=C(NN1C(=O)[C@@H]2[C@@H]3C=C[C@@H]([C@H]4C[C@@H]34)[C@@H]2C1=O)c1cccc(Cl)c1. The van der Waals surface area contributed by atoms with E-state index in [-0.39, 0.29) is 35.5 Å². The number of nitrogens with one attached hydrogen (secondary N) is 1. The van der Waals surface area contributed by atoms with Crippen LogP contribution in [0.3, 0.4) is 0 Å². The molecule has 5 aliphatic rings. The zero-order valence-electron chi connectivity index (χ0n) is 12.7. The van der Waals surface area contributed by atoms with E-state index in [1.165, 1.54) is 6.07 Å². The van der Waals surface area contributed by atoms with Crippen LogP contribution in [0.15, 0.2) is 36.4 Å².